The van der Waals surface area contributed by atoms with Crippen LogP contribution in [0.4, 0.5) is 4.79 Å². The second-order valence-corrected chi connectivity index (χ2v) is 5.08. The zero-order valence-electron chi connectivity index (χ0n) is 11.2. The number of urea groups is 1. The molecule has 0 aromatic heterocycles. The molecule has 110 valence electrons. The van der Waals surface area contributed by atoms with Crippen LogP contribution in [0.5, 0.6) is 0 Å². The molecule has 2 atom stereocenters. The minimum absolute atomic E-state index is 0.0431. The van der Waals surface area contributed by atoms with Crippen LogP contribution in [-0.4, -0.2) is 64.4 Å². The number of carboxylic acid groups (broad SMARTS) is 1. The van der Waals surface area contributed by atoms with Crippen LogP contribution in [0.1, 0.15) is 25.7 Å². The van der Waals surface area contributed by atoms with E-state index in [0.717, 1.165) is 11.3 Å². The molecule has 4 amide bonds. The molecule has 2 heterocycles. The van der Waals surface area contributed by atoms with Gasteiger partial charge in [-0.25, -0.2) is 4.79 Å². The number of nitrogens with zero attached hydrogens (tertiary/aromatic N) is 2. The van der Waals surface area contributed by atoms with Gasteiger partial charge in [0.15, 0.2) is 0 Å². The van der Waals surface area contributed by atoms with E-state index in [1.165, 1.54) is 11.9 Å². The second-order valence-electron chi connectivity index (χ2n) is 5.08. The maximum Gasteiger partial charge on any atom is 0.318 e. The molecule has 8 heteroatoms. The Balaban J connectivity index is 1.96. The summed E-state index contributed by atoms with van der Waals surface area (Å²) in [7, 11) is 1.37. The highest BCUT2D eigenvalue weighted by Gasteiger charge is 2.39. The third-order valence-electron chi connectivity index (χ3n) is 3.73. The summed E-state index contributed by atoms with van der Waals surface area (Å²) in [4.78, 5) is 48.3. The Morgan fingerprint density at radius 3 is 2.65 bits per heavy atom. The average Bonchev–Trinajstić information content (AvgIpc) is 2.91. The molecule has 0 aliphatic carbocycles. The maximum atomic E-state index is 12.1. The molecule has 2 unspecified atom stereocenters. The van der Waals surface area contributed by atoms with E-state index >= 15 is 0 Å². The summed E-state index contributed by atoms with van der Waals surface area (Å²) in [6.07, 6.45) is 1.23. The van der Waals surface area contributed by atoms with Crippen molar-refractivity contribution in [3.05, 3.63) is 0 Å². The Labute approximate surface area is 115 Å². The number of nitrogens with one attached hydrogen (secondary N) is 1. The van der Waals surface area contributed by atoms with Crippen LogP contribution in [0.2, 0.25) is 0 Å². The Morgan fingerprint density at radius 2 is 2.10 bits per heavy atom. The fraction of sp³-hybridized carbons (Fsp3) is 0.667. The fourth-order valence-corrected chi connectivity index (χ4v) is 2.62. The van der Waals surface area contributed by atoms with Gasteiger partial charge in [-0.3, -0.25) is 19.3 Å². The van der Waals surface area contributed by atoms with Gasteiger partial charge >= 0.3 is 12.0 Å². The molecule has 2 saturated heterocycles. The summed E-state index contributed by atoms with van der Waals surface area (Å²) in [5.74, 6) is -1.72. The number of imide groups is 1. The van der Waals surface area contributed by atoms with E-state index in [2.05, 4.69) is 5.32 Å². The van der Waals surface area contributed by atoms with Crippen molar-refractivity contribution in [2.75, 3.05) is 13.6 Å². The van der Waals surface area contributed by atoms with Crippen LogP contribution in [-0.2, 0) is 14.4 Å². The molecule has 2 fully saturated rings. The summed E-state index contributed by atoms with van der Waals surface area (Å²) in [5, 5.41) is 11.3. The van der Waals surface area contributed by atoms with Crippen molar-refractivity contribution in [2.45, 2.75) is 37.8 Å². The second kappa shape index (κ2) is 5.48. The Bertz CT molecular complexity index is 464. The van der Waals surface area contributed by atoms with E-state index in [-0.39, 0.29) is 24.8 Å². The number of carbonyl (C=O) groups is 4. The van der Waals surface area contributed by atoms with E-state index in [4.69, 9.17) is 5.11 Å². The number of carbonyl (C=O) groups excluding carboxylic acids is 3. The maximum absolute atomic E-state index is 12.1. The van der Waals surface area contributed by atoms with Gasteiger partial charge in [-0.1, -0.05) is 0 Å². The van der Waals surface area contributed by atoms with Crippen molar-refractivity contribution in [3.8, 4) is 0 Å². The molecule has 0 aromatic carbocycles. The predicted octanol–water partition coefficient (Wildman–Crippen LogP) is -0.608. The first-order chi connectivity index (χ1) is 9.40. The minimum atomic E-state index is -0.957. The topological polar surface area (TPSA) is 107 Å². The Kier molecular flexibility index (Phi) is 3.91. The van der Waals surface area contributed by atoms with Gasteiger partial charge in [0, 0.05) is 19.6 Å². The first kappa shape index (κ1) is 14.3. The lowest BCUT2D eigenvalue weighted by Crippen LogP contribution is -2.49. The molecule has 2 rings (SSSR count). The lowest BCUT2D eigenvalue weighted by atomic mass is 10.1. The van der Waals surface area contributed by atoms with Crippen LogP contribution >= 0.6 is 0 Å². The SMILES string of the molecule is CN1C(=O)CC(NC(=O)N2CCCC2CC(=O)O)C1=O. The first-order valence-corrected chi connectivity index (χ1v) is 6.49. The molecule has 20 heavy (non-hydrogen) atoms. The van der Waals surface area contributed by atoms with Crippen molar-refractivity contribution >= 4 is 23.8 Å². The molecule has 0 radical (unpaired) electrons. The van der Waals surface area contributed by atoms with Crippen LogP contribution < -0.4 is 5.32 Å². The van der Waals surface area contributed by atoms with Gasteiger partial charge in [0.2, 0.25) is 5.91 Å². The van der Waals surface area contributed by atoms with Crippen LogP contribution in [0, 0.1) is 0 Å². The predicted molar refractivity (Wildman–Crippen MR) is 66.7 cm³/mol. The van der Waals surface area contributed by atoms with Gasteiger partial charge in [-0.15, -0.1) is 0 Å². The minimum Gasteiger partial charge on any atom is -0.481 e. The highest BCUT2D eigenvalue weighted by Crippen LogP contribution is 2.21. The number of aliphatic carboxylic acids is 1. The number of hydrogen-bond donors (Lipinski definition) is 2. The molecule has 2 aliphatic rings. The zero-order chi connectivity index (χ0) is 14.9. The molecular formula is C12H17N3O5. The molecular weight excluding hydrogens is 266 g/mol. The Hall–Kier alpha value is -2.12. The normalized spacial score (nSPS) is 26.2. The van der Waals surface area contributed by atoms with Gasteiger partial charge in [-0.05, 0) is 12.8 Å². The lowest BCUT2D eigenvalue weighted by Gasteiger charge is -2.25. The van der Waals surface area contributed by atoms with Crippen molar-refractivity contribution in [2.24, 2.45) is 0 Å². The smallest absolute Gasteiger partial charge is 0.318 e. The van der Waals surface area contributed by atoms with Gasteiger partial charge in [0.05, 0.1) is 12.8 Å². The van der Waals surface area contributed by atoms with Crippen molar-refractivity contribution < 1.29 is 24.3 Å². The Morgan fingerprint density at radius 1 is 1.40 bits per heavy atom. The molecule has 2 N–H and O–H groups in total. The number of likely N-dealkylation sites (N-methyl/N-ethyl adjacent to an activating group) is 1. The third kappa shape index (κ3) is 2.73. The van der Waals surface area contributed by atoms with Crippen molar-refractivity contribution in [3.63, 3.8) is 0 Å². The van der Waals surface area contributed by atoms with Crippen LogP contribution in [0.25, 0.3) is 0 Å². The third-order valence-corrected chi connectivity index (χ3v) is 3.73. The summed E-state index contributed by atoms with van der Waals surface area (Å²) >= 11 is 0. The van der Waals surface area contributed by atoms with Gasteiger partial charge in [-0.2, -0.15) is 0 Å². The number of hydrogen-bond acceptors (Lipinski definition) is 4. The van der Waals surface area contributed by atoms with E-state index in [9.17, 15) is 19.2 Å². The van der Waals surface area contributed by atoms with E-state index < -0.39 is 23.9 Å². The van der Waals surface area contributed by atoms with Crippen LogP contribution in [0.15, 0.2) is 0 Å². The number of amides is 4. The van der Waals surface area contributed by atoms with Crippen molar-refractivity contribution in [1.82, 2.24) is 15.1 Å². The molecule has 0 aromatic rings. The van der Waals surface area contributed by atoms with Crippen molar-refractivity contribution in [1.29, 1.82) is 0 Å². The molecule has 0 bridgehead atoms. The summed E-state index contributed by atoms with van der Waals surface area (Å²) < 4.78 is 0. The molecule has 0 spiro atoms. The highest BCUT2D eigenvalue weighted by atomic mass is 16.4. The largest absolute Gasteiger partial charge is 0.481 e. The quantitative estimate of drug-likeness (QED) is 0.672. The number of rotatable bonds is 3. The average molecular weight is 283 g/mol. The highest BCUT2D eigenvalue weighted by molar-refractivity contribution is 6.06. The monoisotopic (exact) mass is 283 g/mol. The summed E-state index contributed by atoms with van der Waals surface area (Å²) in [6, 6.07) is -1.67. The van der Waals surface area contributed by atoms with Gasteiger partial charge in [0.1, 0.15) is 6.04 Å². The van der Waals surface area contributed by atoms with Crippen LogP contribution in [0.3, 0.4) is 0 Å². The first-order valence-electron chi connectivity index (χ1n) is 6.49. The number of carboxylic acids is 1. The number of likely N-dealkylation sites (tertiary alicyclic amines) is 2. The lowest BCUT2D eigenvalue weighted by molar-refractivity contribution is -0.139. The molecule has 2 aliphatic heterocycles. The zero-order valence-corrected chi connectivity index (χ0v) is 11.2. The van der Waals surface area contributed by atoms with Gasteiger partial charge < -0.3 is 15.3 Å². The van der Waals surface area contributed by atoms with E-state index in [1.54, 1.807) is 0 Å². The standard InChI is InChI=1S/C12H17N3O5/c1-14-9(16)6-8(11(14)19)13-12(20)15-4-2-3-7(15)5-10(17)18/h7-8H,2-6H2,1H3,(H,13,20)(H,17,18). The van der Waals surface area contributed by atoms with E-state index in [1.807, 2.05) is 0 Å². The molecule has 0 saturated carbocycles. The molecule has 8 nitrogen and oxygen atoms in total. The fourth-order valence-electron chi connectivity index (χ4n) is 2.62. The summed E-state index contributed by atoms with van der Waals surface area (Å²) in [6.45, 7) is 0.467. The summed E-state index contributed by atoms with van der Waals surface area (Å²) in [5.41, 5.74) is 0. The van der Waals surface area contributed by atoms with E-state index in [0.29, 0.717) is 13.0 Å². The van der Waals surface area contributed by atoms with Gasteiger partial charge in [0.25, 0.3) is 5.91 Å².